The zero-order valence-electron chi connectivity index (χ0n) is 11.7. The molecule has 0 spiro atoms. The number of hydrogen-bond donors (Lipinski definition) is 0. The van der Waals surface area contributed by atoms with E-state index in [1.807, 2.05) is 0 Å². The molecule has 0 bridgehead atoms. The van der Waals surface area contributed by atoms with Crippen molar-refractivity contribution in [2.24, 2.45) is 0 Å². The van der Waals surface area contributed by atoms with Gasteiger partial charge in [0.05, 0.1) is 0 Å². The van der Waals surface area contributed by atoms with Crippen LogP contribution in [0.4, 0.5) is 0 Å². The number of benzene rings is 1. The highest BCUT2D eigenvalue weighted by atomic mass is 28.4. The maximum absolute atomic E-state index is 6.20. The zero-order valence-corrected chi connectivity index (χ0v) is 12.7. The summed E-state index contributed by atoms with van der Waals surface area (Å²) in [7, 11) is -1.55. The van der Waals surface area contributed by atoms with Gasteiger partial charge in [-0.25, -0.2) is 0 Å². The van der Waals surface area contributed by atoms with Crippen LogP contribution in [-0.4, -0.2) is 8.32 Å². The first-order chi connectivity index (χ1) is 8.47. The summed E-state index contributed by atoms with van der Waals surface area (Å²) in [5, 5.41) is 0. The van der Waals surface area contributed by atoms with E-state index in [-0.39, 0.29) is 0 Å². The minimum absolute atomic E-state index is 0.413. The average Bonchev–Trinajstić information content (AvgIpc) is 2.80. The van der Waals surface area contributed by atoms with Crippen molar-refractivity contribution in [3.63, 3.8) is 0 Å². The second-order valence-corrected chi connectivity index (χ2v) is 10.2. The molecule has 0 N–H and O–H groups in total. The van der Waals surface area contributed by atoms with Gasteiger partial charge in [-0.05, 0) is 43.3 Å². The largest absolute Gasteiger partial charge is 0.544 e. The first kappa shape index (κ1) is 13.2. The van der Waals surface area contributed by atoms with E-state index in [0.717, 1.165) is 12.2 Å². The quantitative estimate of drug-likeness (QED) is 0.699. The van der Waals surface area contributed by atoms with Crippen molar-refractivity contribution in [1.29, 1.82) is 0 Å². The topological polar surface area (TPSA) is 9.23 Å². The Morgan fingerprint density at radius 2 is 1.89 bits per heavy atom. The average molecular weight is 258 g/mol. The summed E-state index contributed by atoms with van der Waals surface area (Å²) in [6.07, 6.45) is 7.82. The van der Waals surface area contributed by atoms with Crippen LogP contribution in [0.15, 0.2) is 48.1 Å². The molecule has 1 aromatic rings. The third-order valence-electron chi connectivity index (χ3n) is 3.10. The van der Waals surface area contributed by atoms with Crippen molar-refractivity contribution < 1.29 is 4.43 Å². The Bertz CT molecular complexity index is 480. The van der Waals surface area contributed by atoms with Crippen LogP contribution in [0.3, 0.4) is 0 Å². The van der Waals surface area contributed by atoms with Crippen molar-refractivity contribution in [2.75, 3.05) is 0 Å². The van der Waals surface area contributed by atoms with Crippen molar-refractivity contribution >= 4 is 8.32 Å². The monoisotopic (exact) mass is 258 g/mol. The van der Waals surface area contributed by atoms with Crippen LogP contribution in [0.2, 0.25) is 19.6 Å². The number of para-hydroxylation sites is 1. The van der Waals surface area contributed by atoms with Crippen molar-refractivity contribution in [3.8, 4) is 5.75 Å². The van der Waals surface area contributed by atoms with Gasteiger partial charge in [-0.3, -0.25) is 0 Å². The molecule has 2 heteroatoms. The molecule has 1 nitrogen and oxygen atoms in total. The molecule has 1 atom stereocenters. The van der Waals surface area contributed by atoms with Gasteiger partial charge in [0.1, 0.15) is 5.75 Å². The highest BCUT2D eigenvalue weighted by molar-refractivity contribution is 6.70. The Morgan fingerprint density at radius 3 is 2.50 bits per heavy atom. The molecule has 18 heavy (non-hydrogen) atoms. The Kier molecular flexibility index (Phi) is 3.76. The molecule has 1 aromatic carbocycles. The van der Waals surface area contributed by atoms with E-state index in [0.29, 0.717) is 5.92 Å². The molecule has 0 heterocycles. The van der Waals surface area contributed by atoms with E-state index >= 15 is 0 Å². The molecular formula is C16H22OSi. The minimum Gasteiger partial charge on any atom is -0.544 e. The lowest BCUT2D eigenvalue weighted by atomic mass is 9.93. The van der Waals surface area contributed by atoms with Gasteiger partial charge in [-0.2, -0.15) is 0 Å². The SMILES string of the molecule is CC(C1=CCC=C1)c1ccccc1O[Si](C)(C)C. The van der Waals surface area contributed by atoms with Gasteiger partial charge in [0.2, 0.25) is 8.32 Å². The Balaban J connectivity index is 2.29. The Morgan fingerprint density at radius 1 is 1.17 bits per heavy atom. The van der Waals surface area contributed by atoms with Crippen LogP contribution >= 0.6 is 0 Å². The molecule has 0 saturated heterocycles. The van der Waals surface area contributed by atoms with Gasteiger partial charge in [0, 0.05) is 5.92 Å². The fraction of sp³-hybridized carbons (Fsp3) is 0.375. The van der Waals surface area contributed by atoms with E-state index in [9.17, 15) is 0 Å². The molecule has 96 valence electrons. The molecule has 0 radical (unpaired) electrons. The van der Waals surface area contributed by atoms with Crippen LogP contribution in [0.1, 0.15) is 24.8 Å². The predicted octanol–water partition coefficient (Wildman–Crippen LogP) is 4.89. The second-order valence-electron chi connectivity index (χ2n) is 5.82. The molecule has 0 amide bonds. The van der Waals surface area contributed by atoms with Gasteiger partial charge >= 0.3 is 0 Å². The fourth-order valence-electron chi connectivity index (χ4n) is 2.24. The summed E-state index contributed by atoms with van der Waals surface area (Å²) in [4.78, 5) is 0. The smallest absolute Gasteiger partial charge is 0.242 e. The van der Waals surface area contributed by atoms with E-state index in [1.165, 1.54) is 11.1 Å². The number of rotatable bonds is 4. The van der Waals surface area contributed by atoms with Gasteiger partial charge in [0.25, 0.3) is 0 Å². The summed E-state index contributed by atoms with van der Waals surface area (Å²) >= 11 is 0. The molecule has 0 aromatic heterocycles. The van der Waals surface area contributed by atoms with Gasteiger partial charge in [-0.15, -0.1) is 0 Å². The van der Waals surface area contributed by atoms with Crippen LogP contribution in [0.25, 0.3) is 0 Å². The van der Waals surface area contributed by atoms with Crippen LogP contribution in [0.5, 0.6) is 5.75 Å². The number of hydrogen-bond acceptors (Lipinski definition) is 1. The molecule has 1 aliphatic rings. The van der Waals surface area contributed by atoms with Gasteiger partial charge in [-0.1, -0.05) is 43.4 Å². The maximum atomic E-state index is 6.20. The molecule has 1 aliphatic carbocycles. The molecule has 0 saturated carbocycles. The standard InChI is InChI=1S/C16H22OSi/c1-13(14-9-5-6-10-14)15-11-7-8-12-16(15)17-18(2,3)4/h5,7-13H,6H2,1-4H3. The molecule has 0 aliphatic heterocycles. The lowest BCUT2D eigenvalue weighted by Crippen LogP contribution is -2.29. The van der Waals surface area contributed by atoms with E-state index in [4.69, 9.17) is 4.43 Å². The number of allylic oxidation sites excluding steroid dienone is 4. The summed E-state index contributed by atoms with van der Waals surface area (Å²) in [5.41, 5.74) is 2.71. The first-order valence-corrected chi connectivity index (χ1v) is 10.0. The first-order valence-electron chi connectivity index (χ1n) is 6.62. The summed E-state index contributed by atoms with van der Waals surface area (Å²) in [5.74, 6) is 1.47. The zero-order chi connectivity index (χ0) is 13.2. The van der Waals surface area contributed by atoms with Crippen molar-refractivity contribution in [1.82, 2.24) is 0 Å². The minimum atomic E-state index is -1.55. The van der Waals surface area contributed by atoms with E-state index in [1.54, 1.807) is 0 Å². The van der Waals surface area contributed by atoms with Crippen molar-refractivity contribution in [3.05, 3.63) is 53.6 Å². The van der Waals surface area contributed by atoms with Crippen LogP contribution in [0, 0.1) is 0 Å². The fourth-order valence-corrected chi connectivity index (χ4v) is 3.08. The highest BCUT2D eigenvalue weighted by Crippen LogP contribution is 2.34. The molecular weight excluding hydrogens is 236 g/mol. The van der Waals surface area contributed by atoms with Crippen LogP contribution < -0.4 is 4.43 Å². The lowest BCUT2D eigenvalue weighted by molar-refractivity contribution is 0.546. The summed E-state index contributed by atoms with van der Waals surface area (Å²) in [6, 6.07) is 8.45. The highest BCUT2D eigenvalue weighted by Gasteiger charge is 2.21. The Hall–Kier alpha value is -1.28. The Labute approximate surface area is 111 Å². The third-order valence-corrected chi connectivity index (χ3v) is 3.93. The third kappa shape index (κ3) is 3.14. The van der Waals surface area contributed by atoms with E-state index < -0.39 is 8.32 Å². The second kappa shape index (κ2) is 5.15. The molecule has 1 unspecified atom stereocenters. The normalized spacial score (nSPS) is 16.6. The molecule has 2 rings (SSSR count). The lowest BCUT2D eigenvalue weighted by Gasteiger charge is -2.24. The van der Waals surface area contributed by atoms with E-state index in [2.05, 4.69) is 69.1 Å². The summed E-state index contributed by atoms with van der Waals surface area (Å²) in [6.45, 7) is 8.93. The molecule has 0 fully saturated rings. The van der Waals surface area contributed by atoms with Crippen LogP contribution in [-0.2, 0) is 0 Å². The van der Waals surface area contributed by atoms with Gasteiger partial charge < -0.3 is 4.43 Å². The predicted molar refractivity (Wildman–Crippen MR) is 80.7 cm³/mol. The van der Waals surface area contributed by atoms with Gasteiger partial charge in [0.15, 0.2) is 0 Å². The summed E-state index contributed by atoms with van der Waals surface area (Å²) < 4.78 is 6.20. The maximum Gasteiger partial charge on any atom is 0.242 e. The van der Waals surface area contributed by atoms with Crippen molar-refractivity contribution in [2.45, 2.75) is 38.9 Å².